The van der Waals surface area contributed by atoms with Crippen molar-refractivity contribution >= 4 is 5.91 Å². The van der Waals surface area contributed by atoms with E-state index in [4.69, 9.17) is 10.5 Å². The van der Waals surface area contributed by atoms with E-state index in [-0.39, 0.29) is 12.0 Å². The van der Waals surface area contributed by atoms with Crippen LogP contribution in [0.1, 0.15) is 25.3 Å². The molecule has 0 aliphatic carbocycles. The number of rotatable bonds is 7. The van der Waals surface area contributed by atoms with Crippen LogP contribution in [0.5, 0.6) is 5.75 Å². The highest BCUT2D eigenvalue weighted by molar-refractivity contribution is 5.76. The Morgan fingerprint density at radius 2 is 2.17 bits per heavy atom. The Morgan fingerprint density at radius 1 is 1.44 bits per heavy atom. The number of nitrogens with two attached hydrogens (primary N) is 1. The van der Waals surface area contributed by atoms with Gasteiger partial charge < -0.3 is 15.8 Å². The van der Waals surface area contributed by atoms with Crippen LogP contribution in [0, 0.1) is 6.92 Å². The quantitative estimate of drug-likeness (QED) is 0.773. The zero-order valence-corrected chi connectivity index (χ0v) is 11.1. The van der Waals surface area contributed by atoms with Gasteiger partial charge in [-0.25, -0.2) is 0 Å². The second-order valence-electron chi connectivity index (χ2n) is 4.26. The Kier molecular flexibility index (Phi) is 6.22. The first kappa shape index (κ1) is 14.5. The van der Waals surface area contributed by atoms with Crippen molar-refractivity contribution in [3.8, 4) is 5.75 Å². The van der Waals surface area contributed by atoms with Gasteiger partial charge in [0.25, 0.3) is 0 Å². The molecule has 18 heavy (non-hydrogen) atoms. The summed E-state index contributed by atoms with van der Waals surface area (Å²) in [4.78, 5) is 11.3. The minimum absolute atomic E-state index is 0.00664. The first-order valence-corrected chi connectivity index (χ1v) is 6.36. The van der Waals surface area contributed by atoms with Gasteiger partial charge in [-0.3, -0.25) is 4.79 Å². The maximum Gasteiger partial charge on any atom is 0.221 e. The smallest absolute Gasteiger partial charge is 0.221 e. The first-order chi connectivity index (χ1) is 8.67. The topological polar surface area (TPSA) is 64.4 Å². The predicted octanol–water partition coefficient (Wildman–Crippen LogP) is 1.62. The lowest BCUT2D eigenvalue weighted by atomic mass is 10.2. The number of ether oxygens (including phenoxy) is 1. The highest BCUT2D eigenvalue weighted by atomic mass is 16.5. The Bertz CT molecular complexity index is 380. The molecule has 0 bridgehead atoms. The molecule has 0 heterocycles. The average molecular weight is 250 g/mol. The average Bonchev–Trinajstić information content (AvgIpc) is 2.37. The number of nitrogens with one attached hydrogen (secondary N) is 1. The van der Waals surface area contributed by atoms with Crippen LogP contribution in [0.15, 0.2) is 24.3 Å². The van der Waals surface area contributed by atoms with Crippen molar-refractivity contribution in [3.63, 3.8) is 0 Å². The summed E-state index contributed by atoms with van der Waals surface area (Å²) in [5.41, 5.74) is 6.42. The Labute approximate surface area is 109 Å². The molecule has 1 amide bonds. The Hall–Kier alpha value is -1.55. The summed E-state index contributed by atoms with van der Waals surface area (Å²) in [6.45, 7) is 4.94. The minimum atomic E-state index is -0.0238. The van der Waals surface area contributed by atoms with Gasteiger partial charge in [-0.15, -0.1) is 0 Å². The number of carbonyl (C=O) groups excluding carboxylic acids is 1. The standard InChI is InChI=1S/C14H22N2O2/c1-3-12(10-16-14(17)8-9-15)18-13-7-5-4-6-11(13)2/h4-7,12H,3,8-10,15H2,1-2H3,(H,16,17). The molecule has 1 aromatic carbocycles. The molecule has 0 saturated carbocycles. The van der Waals surface area contributed by atoms with Gasteiger partial charge in [0, 0.05) is 13.0 Å². The van der Waals surface area contributed by atoms with E-state index in [1.165, 1.54) is 0 Å². The van der Waals surface area contributed by atoms with Crippen LogP contribution in [0.3, 0.4) is 0 Å². The summed E-state index contributed by atoms with van der Waals surface area (Å²) in [5, 5.41) is 2.83. The maximum atomic E-state index is 11.3. The molecule has 0 spiro atoms. The van der Waals surface area contributed by atoms with Gasteiger partial charge >= 0.3 is 0 Å². The van der Waals surface area contributed by atoms with Gasteiger partial charge in [0.15, 0.2) is 0 Å². The van der Waals surface area contributed by atoms with E-state index in [9.17, 15) is 4.79 Å². The number of carbonyl (C=O) groups is 1. The normalized spacial score (nSPS) is 11.9. The summed E-state index contributed by atoms with van der Waals surface area (Å²) in [6, 6.07) is 7.88. The van der Waals surface area contributed by atoms with Crippen LogP contribution in [0.25, 0.3) is 0 Å². The third kappa shape index (κ3) is 4.75. The van der Waals surface area contributed by atoms with E-state index >= 15 is 0 Å². The number of hydrogen-bond donors (Lipinski definition) is 2. The van der Waals surface area contributed by atoms with Gasteiger partial charge in [-0.2, -0.15) is 0 Å². The molecular formula is C14H22N2O2. The van der Waals surface area contributed by atoms with E-state index in [1.54, 1.807) is 0 Å². The molecule has 4 heteroatoms. The van der Waals surface area contributed by atoms with Gasteiger partial charge in [0.2, 0.25) is 5.91 Å². The van der Waals surface area contributed by atoms with Crippen molar-refractivity contribution in [1.29, 1.82) is 0 Å². The number of amides is 1. The van der Waals surface area contributed by atoms with E-state index in [2.05, 4.69) is 5.32 Å². The molecule has 0 aliphatic rings. The third-order valence-electron chi connectivity index (χ3n) is 2.74. The van der Waals surface area contributed by atoms with E-state index in [0.717, 1.165) is 17.7 Å². The highest BCUT2D eigenvalue weighted by Gasteiger charge is 2.10. The number of benzene rings is 1. The lowest BCUT2D eigenvalue weighted by molar-refractivity contribution is -0.121. The van der Waals surface area contributed by atoms with Gasteiger partial charge in [0.05, 0.1) is 6.54 Å². The van der Waals surface area contributed by atoms with Crippen LogP contribution in [0.2, 0.25) is 0 Å². The van der Waals surface area contributed by atoms with Crippen LogP contribution in [0.4, 0.5) is 0 Å². The van der Waals surface area contributed by atoms with Crippen molar-refractivity contribution in [2.75, 3.05) is 13.1 Å². The summed E-state index contributed by atoms with van der Waals surface area (Å²) in [6.07, 6.45) is 1.20. The molecular weight excluding hydrogens is 228 g/mol. The highest BCUT2D eigenvalue weighted by Crippen LogP contribution is 2.18. The zero-order chi connectivity index (χ0) is 13.4. The second-order valence-corrected chi connectivity index (χ2v) is 4.26. The molecule has 1 rings (SSSR count). The van der Waals surface area contributed by atoms with E-state index in [0.29, 0.717) is 19.5 Å². The van der Waals surface area contributed by atoms with Crippen molar-refractivity contribution < 1.29 is 9.53 Å². The molecule has 0 aromatic heterocycles. The molecule has 100 valence electrons. The summed E-state index contributed by atoms with van der Waals surface area (Å²) >= 11 is 0. The van der Waals surface area contributed by atoms with Crippen molar-refractivity contribution in [2.24, 2.45) is 5.73 Å². The maximum absolute atomic E-state index is 11.3. The Balaban J connectivity index is 2.47. The molecule has 4 nitrogen and oxygen atoms in total. The summed E-state index contributed by atoms with van der Waals surface area (Å²) < 4.78 is 5.88. The minimum Gasteiger partial charge on any atom is -0.488 e. The number of para-hydroxylation sites is 1. The first-order valence-electron chi connectivity index (χ1n) is 6.36. The fraction of sp³-hybridized carbons (Fsp3) is 0.500. The molecule has 3 N–H and O–H groups in total. The third-order valence-corrected chi connectivity index (χ3v) is 2.74. The molecule has 1 atom stereocenters. The monoisotopic (exact) mass is 250 g/mol. The largest absolute Gasteiger partial charge is 0.488 e. The molecule has 0 fully saturated rings. The second kappa shape index (κ2) is 7.71. The van der Waals surface area contributed by atoms with Crippen LogP contribution in [-0.4, -0.2) is 25.1 Å². The molecule has 1 unspecified atom stereocenters. The predicted molar refractivity (Wildman–Crippen MR) is 72.6 cm³/mol. The van der Waals surface area contributed by atoms with Gasteiger partial charge in [0.1, 0.15) is 11.9 Å². The molecule has 0 radical (unpaired) electrons. The number of hydrogen-bond acceptors (Lipinski definition) is 3. The van der Waals surface area contributed by atoms with E-state index in [1.807, 2.05) is 38.1 Å². The van der Waals surface area contributed by atoms with Crippen molar-refractivity contribution in [2.45, 2.75) is 32.8 Å². The summed E-state index contributed by atoms with van der Waals surface area (Å²) in [5.74, 6) is 0.849. The van der Waals surface area contributed by atoms with Gasteiger partial charge in [-0.05, 0) is 25.0 Å². The van der Waals surface area contributed by atoms with E-state index < -0.39 is 0 Å². The fourth-order valence-electron chi connectivity index (χ4n) is 1.58. The SMILES string of the molecule is CCC(CNC(=O)CCN)Oc1ccccc1C. The molecule has 0 saturated heterocycles. The van der Waals surface area contributed by atoms with Crippen molar-refractivity contribution in [1.82, 2.24) is 5.32 Å². The van der Waals surface area contributed by atoms with Gasteiger partial charge in [-0.1, -0.05) is 25.1 Å². The summed E-state index contributed by atoms with van der Waals surface area (Å²) in [7, 11) is 0. The lowest BCUT2D eigenvalue weighted by Crippen LogP contribution is -2.35. The molecule has 0 aliphatic heterocycles. The Morgan fingerprint density at radius 3 is 2.78 bits per heavy atom. The molecule has 1 aromatic rings. The number of aryl methyl sites for hydroxylation is 1. The lowest BCUT2D eigenvalue weighted by Gasteiger charge is -2.19. The van der Waals surface area contributed by atoms with Crippen LogP contribution >= 0.6 is 0 Å². The fourth-order valence-corrected chi connectivity index (χ4v) is 1.58. The van der Waals surface area contributed by atoms with Crippen LogP contribution in [-0.2, 0) is 4.79 Å². The van der Waals surface area contributed by atoms with Crippen molar-refractivity contribution in [3.05, 3.63) is 29.8 Å². The van der Waals surface area contributed by atoms with Crippen LogP contribution < -0.4 is 15.8 Å². The zero-order valence-electron chi connectivity index (χ0n) is 11.1.